The highest BCUT2D eigenvalue weighted by atomic mass is 16.2. The third-order valence-corrected chi connectivity index (χ3v) is 2.38. The minimum absolute atomic E-state index is 0.0135. The monoisotopic (exact) mass is 169 g/mol. The van der Waals surface area contributed by atoms with Gasteiger partial charge in [0.1, 0.15) is 0 Å². The SMILES string of the molecule is CC(=O)[C@@H]1C[C@@H](C)CN1C(C)=O. The van der Waals surface area contributed by atoms with Crippen molar-refractivity contribution >= 4 is 11.7 Å². The van der Waals surface area contributed by atoms with Crippen LogP contribution in [-0.4, -0.2) is 29.2 Å². The Morgan fingerprint density at radius 1 is 1.33 bits per heavy atom. The number of amides is 1. The van der Waals surface area contributed by atoms with Crippen LogP contribution in [0.4, 0.5) is 0 Å². The summed E-state index contributed by atoms with van der Waals surface area (Å²) in [6.07, 6.45) is 0.828. The van der Waals surface area contributed by atoms with E-state index >= 15 is 0 Å². The molecule has 0 unspecified atom stereocenters. The predicted molar refractivity (Wildman–Crippen MR) is 45.6 cm³/mol. The molecular weight excluding hydrogens is 154 g/mol. The third-order valence-electron chi connectivity index (χ3n) is 2.38. The zero-order chi connectivity index (χ0) is 9.30. The van der Waals surface area contributed by atoms with Crippen LogP contribution in [0, 0.1) is 5.92 Å². The van der Waals surface area contributed by atoms with Crippen molar-refractivity contribution < 1.29 is 9.59 Å². The van der Waals surface area contributed by atoms with Gasteiger partial charge in [-0.3, -0.25) is 9.59 Å². The summed E-state index contributed by atoms with van der Waals surface area (Å²) in [4.78, 5) is 23.9. The van der Waals surface area contributed by atoms with Gasteiger partial charge in [-0.25, -0.2) is 0 Å². The van der Waals surface area contributed by atoms with E-state index in [4.69, 9.17) is 0 Å². The van der Waals surface area contributed by atoms with Crippen LogP contribution in [0.25, 0.3) is 0 Å². The molecule has 0 radical (unpaired) electrons. The van der Waals surface area contributed by atoms with Crippen molar-refractivity contribution in [1.82, 2.24) is 4.90 Å². The molecule has 1 rings (SSSR count). The molecule has 0 saturated carbocycles. The summed E-state index contributed by atoms with van der Waals surface area (Å²) in [5, 5.41) is 0. The number of carbonyl (C=O) groups excluding carboxylic acids is 2. The van der Waals surface area contributed by atoms with Gasteiger partial charge in [-0.2, -0.15) is 0 Å². The molecule has 1 aliphatic heterocycles. The van der Waals surface area contributed by atoms with E-state index in [9.17, 15) is 9.59 Å². The second-order valence-electron chi connectivity index (χ2n) is 3.64. The van der Waals surface area contributed by atoms with Crippen molar-refractivity contribution in [1.29, 1.82) is 0 Å². The molecule has 0 aromatic heterocycles. The van der Waals surface area contributed by atoms with Gasteiger partial charge in [0.15, 0.2) is 5.78 Å². The third kappa shape index (κ3) is 1.65. The number of carbonyl (C=O) groups is 2. The van der Waals surface area contributed by atoms with Crippen LogP contribution in [0.15, 0.2) is 0 Å². The number of hydrogen-bond donors (Lipinski definition) is 0. The highest BCUT2D eigenvalue weighted by Gasteiger charge is 2.33. The lowest BCUT2D eigenvalue weighted by molar-refractivity contribution is -0.135. The van der Waals surface area contributed by atoms with E-state index in [0.29, 0.717) is 5.92 Å². The Labute approximate surface area is 72.7 Å². The fraction of sp³-hybridized carbons (Fsp3) is 0.778. The molecule has 1 heterocycles. The van der Waals surface area contributed by atoms with Crippen LogP contribution >= 0.6 is 0 Å². The minimum Gasteiger partial charge on any atom is -0.333 e. The average molecular weight is 169 g/mol. The molecule has 1 aliphatic rings. The summed E-state index contributed by atoms with van der Waals surface area (Å²) >= 11 is 0. The van der Waals surface area contributed by atoms with Crippen LogP contribution in [0.2, 0.25) is 0 Å². The first-order valence-corrected chi connectivity index (χ1v) is 4.30. The largest absolute Gasteiger partial charge is 0.333 e. The summed E-state index contributed by atoms with van der Waals surface area (Å²) in [5.41, 5.74) is 0. The van der Waals surface area contributed by atoms with Crippen LogP contribution in [0.5, 0.6) is 0 Å². The number of ketones is 1. The van der Waals surface area contributed by atoms with E-state index in [2.05, 4.69) is 6.92 Å². The molecule has 0 bridgehead atoms. The quantitative estimate of drug-likeness (QED) is 0.583. The lowest BCUT2D eigenvalue weighted by Gasteiger charge is -2.20. The Bertz CT molecular complexity index is 191. The molecule has 3 nitrogen and oxygen atoms in total. The van der Waals surface area contributed by atoms with E-state index in [1.165, 1.54) is 6.92 Å². The van der Waals surface area contributed by atoms with Gasteiger partial charge < -0.3 is 4.90 Å². The number of rotatable bonds is 1. The second kappa shape index (κ2) is 3.25. The molecule has 1 fully saturated rings. The van der Waals surface area contributed by atoms with Gasteiger partial charge in [0, 0.05) is 13.5 Å². The van der Waals surface area contributed by atoms with Gasteiger partial charge in [0.05, 0.1) is 6.04 Å². The van der Waals surface area contributed by atoms with E-state index in [1.54, 1.807) is 11.8 Å². The maximum atomic E-state index is 11.1. The van der Waals surface area contributed by atoms with Crippen molar-refractivity contribution in [2.45, 2.75) is 33.2 Å². The lowest BCUT2D eigenvalue weighted by Crippen LogP contribution is -2.38. The number of hydrogen-bond acceptors (Lipinski definition) is 2. The zero-order valence-electron chi connectivity index (χ0n) is 7.83. The van der Waals surface area contributed by atoms with Gasteiger partial charge in [-0.05, 0) is 19.3 Å². The molecule has 2 atom stereocenters. The van der Waals surface area contributed by atoms with Crippen molar-refractivity contribution in [2.75, 3.05) is 6.54 Å². The summed E-state index contributed by atoms with van der Waals surface area (Å²) in [5.74, 6) is 0.580. The molecule has 0 aliphatic carbocycles. The Kier molecular flexibility index (Phi) is 2.50. The van der Waals surface area contributed by atoms with E-state index in [0.717, 1.165) is 13.0 Å². The molecule has 0 aromatic rings. The molecule has 1 saturated heterocycles. The highest BCUT2D eigenvalue weighted by Crippen LogP contribution is 2.23. The summed E-state index contributed by atoms with van der Waals surface area (Å²) in [7, 11) is 0. The first kappa shape index (κ1) is 9.23. The van der Waals surface area contributed by atoms with Crippen LogP contribution < -0.4 is 0 Å². The summed E-state index contributed by atoms with van der Waals surface area (Å²) in [6, 6.07) is -0.155. The average Bonchev–Trinajstić information content (AvgIpc) is 2.31. The Morgan fingerprint density at radius 3 is 2.25 bits per heavy atom. The van der Waals surface area contributed by atoms with Gasteiger partial charge in [-0.1, -0.05) is 6.92 Å². The van der Waals surface area contributed by atoms with Crippen molar-refractivity contribution in [3.05, 3.63) is 0 Å². The number of nitrogens with zero attached hydrogens (tertiary/aromatic N) is 1. The molecule has 3 heteroatoms. The van der Waals surface area contributed by atoms with Crippen LogP contribution in [0.3, 0.4) is 0 Å². The maximum absolute atomic E-state index is 11.1. The molecule has 1 amide bonds. The Hall–Kier alpha value is -0.860. The number of likely N-dealkylation sites (tertiary alicyclic amines) is 1. The van der Waals surface area contributed by atoms with Crippen molar-refractivity contribution in [3.63, 3.8) is 0 Å². The van der Waals surface area contributed by atoms with Gasteiger partial charge in [0.2, 0.25) is 5.91 Å². The van der Waals surface area contributed by atoms with Gasteiger partial charge >= 0.3 is 0 Å². The van der Waals surface area contributed by atoms with Crippen molar-refractivity contribution in [3.8, 4) is 0 Å². The van der Waals surface area contributed by atoms with Crippen molar-refractivity contribution in [2.24, 2.45) is 5.92 Å². The first-order chi connectivity index (χ1) is 5.52. The Morgan fingerprint density at radius 2 is 1.92 bits per heavy atom. The lowest BCUT2D eigenvalue weighted by atomic mass is 10.1. The fourth-order valence-corrected chi connectivity index (χ4v) is 1.78. The van der Waals surface area contributed by atoms with E-state index in [-0.39, 0.29) is 17.7 Å². The fourth-order valence-electron chi connectivity index (χ4n) is 1.78. The van der Waals surface area contributed by atoms with E-state index in [1.807, 2.05) is 0 Å². The maximum Gasteiger partial charge on any atom is 0.220 e. The van der Waals surface area contributed by atoms with Gasteiger partial charge in [0.25, 0.3) is 0 Å². The molecule has 12 heavy (non-hydrogen) atoms. The zero-order valence-corrected chi connectivity index (χ0v) is 7.83. The molecule has 0 aromatic carbocycles. The van der Waals surface area contributed by atoms with Crippen LogP contribution in [0.1, 0.15) is 27.2 Å². The van der Waals surface area contributed by atoms with Crippen LogP contribution in [-0.2, 0) is 9.59 Å². The second-order valence-corrected chi connectivity index (χ2v) is 3.64. The molecular formula is C9H15NO2. The number of Topliss-reactive ketones (excluding diaryl/α,β-unsaturated/α-hetero) is 1. The highest BCUT2D eigenvalue weighted by molar-refractivity contribution is 5.87. The minimum atomic E-state index is -0.155. The predicted octanol–water partition coefficient (Wildman–Crippen LogP) is 0.832. The van der Waals surface area contributed by atoms with Gasteiger partial charge in [-0.15, -0.1) is 0 Å². The molecule has 0 N–H and O–H groups in total. The standard InChI is InChI=1S/C9H15NO2/c1-6-4-9(7(2)11)10(5-6)8(3)12/h6,9H,4-5H2,1-3H3/t6-,9+/m1/s1. The van der Waals surface area contributed by atoms with E-state index < -0.39 is 0 Å². The Balaban J connectivity index is 2.72. The summed E-state index contributed by atoms with van der Waals surface area (Å²) < 4.78 is 0. The summed E-state index contributed by atoms with van der Waals surface area (Å²) in [6.45, 7) is 5.88. The smallest absolute Gasteiger partial charge is 0.220 e. The topological polar surface area (TPSA) is 37.4 Å². The molecule has 68 valence electrons. The molecule has 0 spiro atoms. The first-order valence-electron chi connectivity index (χ1n) is 4.30. The normalized spacial score (nSPS) is 29.1.